The van der Waals surface area contributed by atoms with E-state index in [-0.39, 0.29) is 17.3 Å². The Morgan fingerprint density at radius 3 is 2.59 bits per heavy atom. The van der Waals surface area contributed by atoms with Crippen molar-refractivity contribution in [2.24, 2.45) is 0 Å². The van der Waals surface area contributed by atoms with Crippen LogP contribution < -0.4 is 10.0 Å². The highest BCUT2D eigenvalue weighted by molar-refractivity contribution is 7.89. The van der Waals surface area contributed by atoms with Crippen molar-refractivity contribution in [1.29, 1.82) is 0 Å². The van der Waals surface area contributed by atoms with Gasteiger partial charge in [-0.05, 0) is 55.0 Å². The Hall–Kier alpha value is -2.87. The summed E-state index contributed by atoms with van der Waals surface area (Å²) in [6.45, 7) is 1.82. The minimum atomic E-state index is -3.62. The highest BCUT2D eigenvalue weighted by atomic mass is 35.5. The van der Waals surface area contributed by atoms with E-state index in [1.54, 1.807) is 48.5 Å². The molecule has 0 aliphatic rings. The van der Waals surface area contributed by atoms with Crippen molar-refractivity contribution < 1.29 is 17.6 Å². The number of hydrogen-bond donors (Lipinski definition) is 2. The van der Waals surface area contributed by atoms with Crippen LogP contribution in [0.15, 0.2) is 76.1 Å². The first kappa shape index (κ1) is 20.9. The van der Waals surface area contributed by atoms with E-state index in [2.05, 4.69) is 10.0 Å². The molecule has 0 radical (unpaired) electrons. The number of furan rings is 1. The zero-order valence-electron chi connectivity index (χ0n) is 15.6. The molecule has 0 saturated heterocycles. The maximum Gasteiger partial charge on any atom is 0.248 e. The zero-order valence-corrected chi connectivity index (χ0v) is 17.1. The number of sulfonamides is 1. The molecule has 0 spiro atoms. The number of benzene rings is 2. The number of amides is 1. The van der Waals surface area contributed by atoms with E-state index in [0.29, 0.717) is 22.2 Å². The molecular weight excluding hydrogens is 412 g/mol. The third-order valence-electron chi connectivity index (χ3n) is 4.10. The van der Waals surface area contributed by atoms with Crippen LogP contribution >= 0.6 is 11.6 Å². The van der Waals surface area contributed by atoms with Crippen molar-refractivity contribution >= 4 is 39.3 Å². The smallest absolute Gasteiger partial charge is 0.248 e. The second kappa shape index (κ2) is 9.09. The van der Waals surface area contributed by atoms with Crippen LogP contribution in [0, 0.1) is 6.92 Å². The summed E-state index contributed by atoms with van der Waals surface area (Å²) in [5.74, 6) is 0.519. The molecule has 2 N–H and O–H groups in total. The average molecular weight is 431 g/mol. The van der Waals surface area contributed by atoms with Gasteiger partial charge >= 0.3 is 0 Å². The number of halogens is 1. The average Bonchev–Trinajstić information content (AvgIpc) is 3.17. The molecule has 1 heterocycles. The molecule has 1 aromatic heterocycles. The lowest BCUT2D eigenvalue weighted by Gasteiger charge is -2.07. The van der Waals surface area contributed by atoms with E-state index in [9.17, 15) is 13.2 Å². The van der Waals surface area contributed by atoms with E-state index in [0.717, 1.165) is 5.56 Å². The number of hydrogen-bond acceptors (Lipinski definition) is 4. The Labute approximate surface area is 174 Å². The van der Waals surface area contributed by atoms with Crippen LogP contribution in [0.2, 0.25) is 5.02 Å². The largest absolute Gasteiger partial charge is 0.460 e. The number of carbonyl (C=O) groups excluding carboxylic acids is 1. The van der Waals surface area contributed by atoms with Crippen LogP contribution in [-0.4, -0.2) is 14.3 Å². The minimum absolute atomic E-state index is 0.00102. The molecule has 0 aliphatic carbocycles. The molecule has 3 aromatic rings. The highest BCUT2D eigenvalue weighted by Crippen LogP contribution is 2.23. The van der Waals surface area contributed by atoms with E-state index in [1.165, 1.54) is 24.3 Å². The summed E-state index contributed by atoms with van der Waals surface area (Å²) >= 11 is 6.04. The predicted molar refractivity (Wildman–Crippen MR) is 113 cm³/mol. The first-order chi connectivity index (χ1) is 13.8. The summed E-state index contributed by atoms with van der Waals surface area (Å²) < 4.78 is 32.5. The molecule has 0 unspecified atom stereocenters. The van der Waals surface area contributed by atoms with Gasteiger partial charge in [0.15, 0.2) is 0 Å². The Kier molecular flexibility index (Phi) is 6.53. The molecule has 8 heteroatoms. The molecule has 29 heavy (non-hydrogen) atoms. The second-order valence-corrected chi connectivity index (χ2v) is 8.35. The van der Waals surface area contributed by atoms with Crippen molar-refractivity contribution in [3.05, 3.63) is 88.8 Å². The van der Waals surface area contributed by atoms with Crippen LogP contribution in [0.3, 0.4) is 0 Å². The maximum absolute atomic E-state index is 12.2. The minimum Gasteiger partial charge on any atom is -0.460 e. The third kappa shape index (κ3) is 5.57. The molecule has 0 atom stereocenters. The zero-order chi connectivity index (χ0) is 20.9. The number of nitrogens with one attached hydrogen (secondary N) is 2. The van der Waals surface area contributed by atoms with Gasteiger partial charge in [0.1, 0.15) is 11.5 Å². The van der Waals surface area contributed by atoms with Gasteiger partial charge in [0.2, 0.25) is 15.9 Å². The van der Waals surface area contributed by atoms with E-state index in [1.807, 2.05) is 6.92 Å². The Balaban J connectivity index is 1.58. The lowest BCUT2D eigenvalue weighted by atomic mass is 10.2. The Morgan fingerprint density at radius 2 is 1.83 bits per heavy atom. The number of anilines is 1. The number of rotatable bonds is 7. The van der Waals surface area contributed by atoms with E-state index >= 15 is 0 Å². The molecular formula is C21H19ClN2O4S. The lowest BCUT2D eigenvalue weighted by molar-refractivity contribution is -0.111. The molecule has 2 aromatic carbocycles. The standard InChI is InChI=1S/C21H19ClN2O4S/c1-15-19(22)8-5-9-20(15)24-21(25)13-12-16-10-11-17(28-16)14-23-29(26,27)18-6-3-2-4-7-18/h2-13,23H,14H2,1H3,(H,24,25)/b13-12+. The lowest BCUT2D eigenvalue weighted by Crippen LogP contribution is -2.22. The van der Waals surface area contributed by atoms with Gasteiger partial charge < -0.3 is 9.73 Å². The third-order valence-corrected chi connectivity index (χ3v) is 5.92. The molecule has 150 valence electrons. The monoisotopic (exact) mass is 430 g/mol. The second-order valence-electron chi connectivity index (χ2n) is 6.18. The summed E-state index contributed by atoms with van der Waals surface area (Å²) in [6, 6.07) is 16.6. The SMILES string of the molecule is Cc1c(Cl)cccc1NC(=O)/C=C/c1ccc(CNS(=O)(=O)c2ccccc2)o1. The molecule has 0 fully saturated rings. The summed E-state index contributed by atoms with van der Waals surface area (Å²) in [6.07, 6.45) is 2.83. The first-order valence-corrected chi connectivity index (χ1v) is 10.6. The fourth-order valence-electron chi connectivity index (χ4n) is 2.50. The topological polar surface area (TPSA) is 88.4 Å². The molecule has 3 rings (SSSR count). The molecule has 1 amide bonds. The van der Waals surface area contributed by atoms with Crippen LogP contribution in [-0.2, 0) is 21.4 Å². The van der Waals surface area contributed by atoms with Crippen molar-refractivity contribution in [1.82, 2.24) is 4.72 Å². The van der Waals surface area contributed by atoms with E-state index in [4.69, 9.17) is 16.0 Å². The fourth-order valence-corrected chi connectivity index (χ4v) is 3.69. The van der Waals surface area contributed by atoms with Gasteiger partial charge in [0.05, 0.1) is 11.4 Å². The van der Waals surface area contributed by atoms with Crippen molar-refractivity contribution in [3.63, 3.8) is 0 Å². The number of carbonyl (C=O) groups is 1. The predicted octanol–water partition coefficient (Wildman–Crippen LogP) is 4.37. The van der Waals surface area contributed by atoms with E-state index < -0.39 is 10.0 Å². The van der Waals surface area contributed by atoms with Gasteiger partial charge in [-0.15, -0.1) is 0 Å². The Morgan fingerprint density at radius 1 is 1.07 bits per heavy atom. The Bertz CT molecular complexity index is 1140. The van der Waals surface area contributed by atoms with Crippen molar-refractivity contribution in [3.8, 4) is 0 Å². The van der Waals surface area contributed by atoms with Gasteiger partial charge in [-0.2, -0.15) is 0 Å². The van der Waals surface area contributed by atoms with Gasteiger partial charge in [0, 0.05) is 16.8 Å². The summed E-state index contributed by atoms with van der Waals surface area (Å²) in [5, 5.41) is 3.32. The quantitative estimate of drug-likeness (QED) is 0.544. The van der Waals surface area contributed by atoms with Crippen LogP contribution in [0.25, 0.3) is 6.08 Å². The first-order valence-electron chi connectivity index (χ1n) is 8.73. The molecule has 0 bridgehead atoms. The maximum atomic E-state index is 12.2. The van der Waals surface area contributed by atoms with Crippen molar-refractivity contribution in [2.45, 2.75) is 18.4 Å². The fraction of sp³-hybridized carbons (Fsp3) is 0.0952. The van der Waals surface area contributed by atoms with Gasteiger partial charge in [0.25, 0.3) is 0 Å². The molecule has 6 nitrogen and oxygen atoms in total. The van der Waals surface area contributed by atoms with Crippen molar-refractivity contribution in [2.75, 3.05) is 5.32 Å². The van der Waals surface area contributed by atoms with Crippen LogP contribution in [0.1, 0.15) is 17.1 Å². The van der Waals surface area contributed by atoms with Crippen LogP contribution in [0.4, 0.5) is 5.69 Å². The van der Waals surface area contributed by atoms with Gasteiger partial charge in [-0.25, -0.2) is 13.1 Å². The summed E-state index contributed by atoms with van der Waals surface area (Å²) in [5.41, 5.74) is 1.41. The van der Waals surface area contributed by atoms with Gasteiger partial charge in [-0.1, -0.05) is 35.9 Å². The van der Waals surface area contributed by atoms with Gasteiger partial charge in [-0.3, -0.25) is 4.79 Å². The normalized spacial score (nSPS) is 11.7. The molecule has 0 saturated carbocycles. The highest BCUT2D eigenvalue weighted by Gasteiger charge is 2.13. The summed E-state index contributed by atoms with van der Waals surface area (Å²) in [4.78, 5) is 12.3. The molecule has 0 aliphatic heterocycles. The van der Waals surface area contributed by atoms with Crippen LogP contribution in [0.5, 0.6) is 0 Å². The summed E-state index contributed by atoms with van der Waals surface area (Å²) in [7, 11) is -3.62.